The Bertz CT molecular complexity index is 2130. The third-order valence-electron chi connectivity index (χ3n) is 8.38. The summed E-state index contributed by atoms with van der Waals surface area (Å²) in [6.45, 7) is 4.67. The fourth-order valence-corrected chi connectivity index (χ4v) is 7.71. The molecule has 0 spiro atoms. The van der Waals surface area contributed by atoms with Crippen LogP contribution in [0, 0.1) is 0 Å². The van der Waals surface area contributed by atoms with Crippen LogP contribution in [0.4, 0.5) is 0 Å². The number of pyridine rings is 2. The molecule has 8 rings (SSSR count). The normalized spacial score (nSPS) is 13.8. The van der Waals surface area contributed by atoms with Crippen molar-refractivity contribution in [3.63, 3.8) is 0 Å². The van der Waals surface area contributed by atoms with Crippen molar-refractivity contribution < 1.29 is 0 Å². The van der Waals surface area contributed by atoms with Crippen LogP contribution in [0.5, 0.6) is 0 Å². The van der Waals surface area contributed by atoms with Crippen LogP contribution in [-0.2, 0) is 5.41 Å². The van der Waals surface area contributed by atoms with Crippen LogP contribution in [0.2, 0.25) is 0 Å². The molecule has 1 aliphatic heterocycles. The summed E-state index contributed by atoms with van der Waals surface area (Å²) in [6.07, 6.45) is 1.84. The molecule has 0 radical (unpaired) electrons. The molecule has 3 heterocycles. The number of nitrogens with zero attached hydrogens (tertiary/aromatic N) is 2. The van der Waals surface area contributed by atoms with Crippen molar-refractivity contribution in [1.82, 2.24) is 9.97 Å². The maximum Gasteiger partial charge on any atom is 0.0972 e. The third kappa shape index (κ3) is 3.51. The first-order valence-corrected chi connectivity index (χ1v) is 14.5. The van der Waals surface area contributed by atoms with Gasteiger partial charge in [-0.1, -0.05) is 117 Å². The molecule has 0 aliphatic carbocycles. The quantitative estimate of drug-likeness (QED) is 0.208. The highest BCUT2D eigenvalue weighted by Crippen LogP contribution is 2.50. The molecule has 0 saturated heterocycles. The average Bonchev–Trinajstić information content (AvgIpc) is 3.00. The van der Waals surface area contributed by atoms with E-state index in [2.05, 4.69) is 128 Å². The Labute approximate surface area is 237 Å². The van der Waals surface area contributed by atoms with Crippen molar-refractivity contribution in [2.75, 3.05) is 0 Å². The van der Waals surface area contributed by atoms with Gasteiger partial charge in [0, 0.05) is 37.7 Å². The molecule has 3 heteroatoms. The van der Waals surface area contributed by atoms with E-state index in [1.165, 1.54) is 42.8 Å². The minimum Gasteiger partial charge on any atom is -0.254 e. The number of benzene rings is 5. The van der Waals surface area contributed by atoms with E-state index in [0.29, 0.717) is 0 Å². The third-order valence-corrected chi connectivity index (χ3v) is 9.51. The van der Waals surface area contributed by atoms with Gasteiger partial charge in [-0.15, -0.1) is 0 Å². The first-order chi connectivity index (χ1) is 19.6. The number of hydrogen-bond acceptors (Lipinski definition) is 3. The van der Waals surface area contributed by atoms with Crippen LogP contribution in [0.15, 0.2) is 131 Å². The van der Waals surface area contributed by atoms with Gasteiger partial charge in [-0.05, 0) is 57.3 Å². The van der Waals surface area contributed by atoms with Crippen LogP contribution in [0.3, 0.4) is 0 Å². The molecular weight excluding hydrogens is 504 g/mol. The second-order valence-electron chi connectivity index (χ2n) is 11.0. The minimum absolute atomic E-state index is 0.0254. The first kappa shape index (κ1) is 23.4. The van der Waals surface area contributed by atoms with Crippen molar-refractivity contribution in [3.8, 4) is 22.4 Å². The van der Waals surface area contributed by atoms with Crippen LogP contribution in [0.1, 0.15) is 25.0 Å². The fourth-order valence-electron chi connectivity index (χ4n) is 6.27. The molecule has 0 atom stereocenters. The van der Waals surface area contributed by atoms with Gasteiger partial charge in [-0.25, -0.2) is 4.98 Å². The predicted octanol–water partition coefficient (Wildman–Crippen LogP) is 10.1. The van der Waals surface area contributed by atoms with Gasteiger partial charge in [-0.2, -0.15) is 0 Å². The van der Waals surface area contributed by atoms with Gasteiger partial charge in [0.2, 0.25) is 0 Å². The number of fused-ring (bicyclic) bond motifs is 6. The maximum absolute atomic E-state index is 5.16. The molecule has 0 fully saturated rings. The van der Waals surface area contributed by atoms with E-state index >= 15 is 0 Å². The first-order valence-electron chi connectivity index (χ1n) is 13.7. The zero-order valence-corrected chi connectivity index (χ0v) is 23.2. The van der Waals surface area contributed by atoms with Crippen molar-refractivity contribution in [2.24, 2.45) is 0 Å². The second kappa shape index (κ2) is 8.77. The Morgan fingerprint density at radius 3 is 2.15 bits per heavy atom. The van der Waals surface area contributed by atoms with Gasteiger partial charge < -0.3 is 0 Å². The zero-order valence-electron chi connectivity index (χ0n) is 22.3. The average molecular weight is 531 g/mol. The number of hydrogen-bond donors (Lipinski definition) is 0. The van der Waals surface area contributed by atoms with Crippen LogP contribution < -0.4 is 0 Å². The molecule has 40 heavy (non-hydrogen) atoms. The van der Waals surface area contributed by atoms with Gasteiger partial charge in [0.15, 0.2) is 0 Å². The molecule has 0 unspecified atom stereocenters. The van der Waals surface area contributed by atoms with Crippen LogP contribution in [0.25, 0.3) is 55.0 Å². The lowest BCUT2D eigenvalue weighted by Crippen LogP contribution is -2.23. The monoisotopic (exact) mass is 530 g/mol. The lowest BCUT2D eigenvalue weighted by Gasteiger charge is -2.34. The number of rotatable bonds is 2. The molecule has 5 aromatic carbocycles. The van der Waals surface area contributed by atoms with Crippen molar-refractivity contribution in [3.05, 3.63) is 133 Å². The van der Waals surface area contributed by atoms with Gasteiger partial charge in [-0.3, -0.25) is 4.98 Å². The van der Waals surface area contributed by atoms with Crippen molar-refractivity contribution in [1.29, 1.82) is 0 Å². The molecule has 190 valence electrons. The van der Waals surface area contributed by atoms with Crippen molar-refractivity contribution in [2.45, 2.75) is 29.1 Å². The smallest absolute Gasteiger partial charge is 0.0972 e. The molecule has 0 N–H and O–H groups in total. The lowest BCUT2D eigenvalue weighted by molar-refractivity contribution is 0.607. The van der Waals surface area contributed by atoms with Gasteiger partial charge >= 0.3 is 0 Å². The highest BCUT2D eigenvalue weighted by molar-refractivity contribution is 7.99. The Kier molecular flexibility index (Phi) is 5.14. The predicted molar refractivity (Wildman–Crippen MR) is 168 cm³/mol. The van der Waals surface area contributed by atoms with Crippen molar-refractivity contribution >= 4 is 44.3 Å². The molecular formula is C37H26N2S. The molecule has 7 aromatic rings. The van der Waals surface area contributed by atoms with E-state index in [1.54, 1.807) is 0 Å². The van der Waals surface area contributed by atoms with E-state index < -0.39 is 0 Å². The van der Waals surface area contributed by atoms with E-state index in [0.717, 1.165) is 33.1 Å². The van der Waals surface area contributed by atoms with Crippen LogP contribution >= 0.6 is 11.8 Å². The summed E-state index contributed by atoms with van der Waals surface area (Å²) >= 11 is 1.89. The maximum atomic E-state index is 5.16. The molecule has 0 amide bonds. The number of aromatic nitrogens is 2. The zero-order chi connectivity index (χ0) is 26.8. The summed E-state index contributed by atoms with van der Waals surface area (Å²) < 4.78 is 0. The Hall–Kier alpha value is -4.47. The van der Waals surface area contributed by atoms with Gasteiger partial charge in [0.25, 0.3) is 0 Å². The molecule has 0 bridgehead atoms. The fraction of sp³-hybridized carbons (Fsp3) is 0.0811. The Balaban J connectivity index is 1.28. The molecule has 2 nitrogen and oxygen atoms in total. The summed E-state index contributed by atoms with van der Waals surface area (Å²) in [5.41, 5.74) is 9.24. The summed E-state index contributed by atoms with van der Waals surface area (Å²) in [6, 6.07) is 41.6. The summed E-state index contributed by atoms with van der Waals surface area (Å²) in [5.74, 6) is 0. The van der Waals surface area contributed by atoms with Gasteiger partial charge in [0.05, 0.1) is 16.7 Å². The van der Waals surface area contributed by atoms with E-state index in [1.807, 2.05) is 24.0 Å². The Morgan fingerprint density at radius 2 is 1.27 bits per heavy atom. The van der Waals surface area contributed by atoms with E-state index in [4.69, 9.17) is 4.98 Å². The SMILES string of the molecule is CC1(C)c2ccccc2Sc2cc(-c3ccc(-c4ccc5ccc6cccnc6c5n4)c4ccccc34)ccc21. The van der Waals surface area contributed by atoms with Gasteiger partial charge in [0.1, 0.15) is 0 Å². The Morgan fingerprint density at radius 1 is 0.575 bits per heavy atom. The summed E-state index contributed by atoms with van der Waals surface area (Å²) in [5, 5.41) is 4.65. The largest absolute Gasteiger partial charge is 0.254 e. The highest BCUT2D eigenvalue weighted by atomic mass is 32.2. The second-order valence-corrected chi connectivity index (χ2v) is 12.1. The standard InChI is InChI=1S/C37H26N2S/c1-37(2)30-11-5-6-12-33(30)40-34-22-25(15-19-31(34)37)26-17-18-29(28-10-4-3-9-27(26)28)32-20-16-24-14-13-23-8-7-21-38-35(23)36(24)39-32/h3-22H,1-2H3. The highest BCUT2D eigenvalue weighted by Gasteiger charge is 2.32. The molecule has 2 aromatic heterocycles. The molecule has 0 saturated carbocycles. The van der Waals surface area contributed by atoms with Crippen LogP contribution in [-0.4, -0.2) is 9.97 Å². The summed E-state index contributed by atoms with van der Waals surface area (Å²) in [4.78, 5) is 12.5. The lowest BCUT2D eigenvalue weighted by atomic mass is 9.77. The minimum atomic E-state index is -0.0254. The topological polar surface area (TPSA) is 25.8 Å². The molecule has 1 aliphatic rings. The van der Waals surface area contributed by atoms with E-state index in [9.17, 15) is 0 Å². The summed E-state index contributed by atoms with van der Waals surface area (Å²) in [7, 11) is 0. The van der Waals surface area contributed by atoms with E-state index in [-0.39, 0.29) is 5.41 Å².